The van der Waals surface area contributed by atoms with Crippen LogP contribution in [0.2, 0.25) is 0 Å². The summed E-state index contributed by atoms with van der Waals surface area (Å²) >= 11 is 0. The van der Waals surface area contributed by atoms with E-state index in [1.807, 2.05) is 10.8 Å². The first-order chi connectivity index (χ1) is 9.66. The molecule has 0 aliphatic heterocycles. The van der Waals surface area contributed by atoms with Crippen LogP contribution in [0.25, 0.3) is 0 Å². The summed E-state index contributed by atoms with van der Waals surface area (Å²) < 4.78 is 3.34. The predicted octanol–water partition coefficient (Wildman–Crippen LogP) is 0.589. The lowest BCUT2D eigenvalue weighted by molar-refractivity contribution is -0.137. The van der Waals surface area contributed by atoms with Gasteiger partial charge in [-0.25, -0.2) is 4.98 Å². The highest BCUT2D eigenvalue weighted by Gasteiger charge is 2.11. The maximum absolute atomic E-state index is 11.9. The maximum Gasteiger partial charge on any atom is 0.323 e. The number of carbonyl (C=O) groups is 2. The molecule has 0 saturated heterocycles. The Morgan fingerprint density at radius 1 is 1.35 bits per heavy atom. The van der Waals surface area contributed by atoms with Gasteiger partial charge in [-0.3, -0.25) is 9.59 Å². The van der Waals surface area contributed by atoms with Gasteiger partial charge < -0.3 is 19.6 Å². The predicted molar refractivity (Wildman–Crippen MR) is 71.2 cm³/mol. The van der Waals surface area contributed by atoms with Crippen LogP contribution in [-0.4, -0.2) is 37.6 Å². The van der Waals surface area contributed by atoms with Crippen LogP contribution < -0.4 is 5.32 Å². The largest absolute Gasteiger partial charge is 0.480 e. The number of amides is 1. The van der Waals surface area contributed by atoms with Crippen molar-refractivity contribution in [2.75, 3.05) is 6.54 Å². The van der Waals surface area contributed by atoms with Crippen LogP contribution in [0.1, 0.15) is 16.9 Å². The minimum absolute atomic E-state index is 0.217. The van der Waals surface area contributed by atoms with Crippen molar-refractivity contribution in [3.63, 3.8) is 0 Å². The molecule has 2 aromatic rings. The quantitative estimate of drug-likeness (QED) is 0.724. The second-order valence-electron chi connectivity index (χ2n) is 4.33. The lowest BCUT2D eigenvalue weighted by Crippen LogP contribution is -2.28. The molecule has 2 aromatic heterocycles. The van der Waals surface area contributed by atoms with Crippen LogP contribution in [-0.2, 0) is 17.9 Å². The number of imidazole rings is 1. The van der Waals surface area contributed by atoms with Gasteiger partial charge in [0.2, 0.25) is 0 Å². The molecule has 2 rings (SSSR count). The van der Waals surface area contributed by atoms with Crippen molar-refractivity contribution in [2.24, 2.45) is 0 Å². The zero-order valence-corrected chi connectivity index (χ0v) is 10.9. The number of carbonyl (C=O) groups excluding carboxylic acids is 1. The van der Waals surface area contributed by atoms with Gasteiger partial charge in [-0.1, -0.05) is 0 Å². The third-order valence-corrected chi connectivity index (χ3v) is 2.81. The molecule has 0 saturated carbocycles. The molecule has 0 spiro atoms. The van der Waals surface area contributed by atoms with E-state index in [-0.39, 0.29) is 12.5 Å². The van der Waals surface area contributed by atoms with E-state index < -0.39 is 5.97 Å². The van der Waals surface area contributed by atoms with Gasteiger partial charge in [-0.05, 0) is 18.6 Å². The van der Waals surface area contributed by atoms with Crippen LogP contribution in [0.5, 0.6) is 0 Å². The minimum atomic E-state index is -0.977. The van der Waals surface area contributed by atoms with Crippen LogP contribution in [0.4, 0.5) is 0 Å². The Morgan fingerprint density at radius 3 is 2.90 bits per heavy atom. The van der Waals surface area contributed by atoms with Gasteiger partial charge in [0.05, 0.1) is 6.33 Å². The third kappa shape index (κ3) is 3.71. The van der Waals surface area contributed by atoms with Gasteiger partial charge in [-0.2, -0.15) is 0 Å². The van der Waals surface area contributed by atoms with Crippen molar-refractivity contribution in [1.82, 2.24) is 19.4 Å². The average molecular weight is 276 g/mol. The molecule has 0 bridgehead atoms. The normalized spacial score (nSPS) is 10.4. The first-order valence-electron chi connectivity index (χ1n) is 6.27. The highest BCUT2D eigenvalue weighted by atomic mass is 16.4. The number of rotatable bonds is 7. The van der Waals surface area contributed by atoms with Crippen LogP contribution in [0, 0.1) is 0 Å². The summed E-state index contributed by atoms with van der Waals surface area (Å²) in [5.41, 5.74) is 0.357. The van der Waals surface area contributed by atoms with Gasteiger partial charge in [0.1, 0.15) is 12.2 Å². The molecule has 7 nitrogen and oxygen atoms in total. The van der Waals surface area contributed by atoms with Crippen molar-refractivity contribution in [2.45, 2.75) is 19.5 Å². The van der Waals surface area contributed by atoms with E-state index in [2.05, 4.69) is 10.3 Å². The topological polar surface area (TPSA) is 89.1 Å². The smallest absolute Gasteiger partial charge is 0.323 e. The second-order valence-corrected chi connectivity index (χ2v) is 4.33. The lowest BCUT2D eigenvalue weighted by atomic mass is 10.3. The SMILES string of the molecule is O=C(O)Cn1cccc1C(=O)NCCCn1ccnc1. The number of nitrogens with zero attached hydrogens (tertiary/aromatic N) is 3. The molecule has 20 heavy (non-hydrogen) atoms. The molecule has 0 fully saturated rings. The molecule has 0 unspecified atom stereocenters. The maximum atomic E-state index is 11.9. The lowest BCUT2D eigenvalue weighted by Gasteiger charge is -2.08. The summed E-state index contributed by atoms with van der Waals surface area (Å²) in [6.07, 6.45) is 7.65. The summed E-state index contributed by atoms with van der Waals surface area (Å²) in [6, 6.07) is 3.26. The van der Waals surface area contributed by atoms with E-state index in [0.29, 0.717) is 12.2 Å². The molecule has 2 heterocycles. The summed E-state index contributed by atoms with van der Waals surface area (Å²) in [5.74, 6) is -1.24. The molecule has 0 radical (unpaired) electrons. The number of carboxylic acid groups (broad SMARTS) is 1. The second kappa shape index (κ2) is 6.55. The average Bonchev–Trinajstić information content (AvgIpc) is 3.04. The zero-order valence-electron chi connectivity index (χ0n) is 10.9. The fraction of sp³-hybridized carbons (Fsp3) is 0.308. The van der Waals surface area contributed by atoms with E-state index in [1.165, 1.54) is 4.57 Å². The minimum Gasteiger partial charge on any atom is -0.480 e. The molecule has 0 atom stereocenters. The van der Waals surface area contributed by atoms with Crippen molar-refractivity contribution < 1.29 is 14.7 Å². The van der Waals surface area contributed by atoms with Crippen molar-refractivity contribution >= 4 is 11.9 Å². The van der Waals surface area contributed by atoms with E-state index in [1.54, 1.807) is 30.9 Å². The summed E-state index contributed by atoms with van der Waals surface area (Å²) in [7, 11) is 0. The monoisotopic (exact) mass is 276 g/mol. The van der Waals surface area contributed by atoms with Crippen molar-refractivity contribution in [1.29, 1.82) is 0 Å². The highest BCUT2D eigenvalue weighted by Crippen LogP contribution is 2.02. The van der Waals surface area contributed by atoms with Gasteiger partial charge in [-0.15, -0.1) is 0 Å². The van der Waals surface area contributed by atoms with E-state index in [9.17, 15) is 9.59 Å². The number of hydrogen-bond donors (Lipinski definition) is 2. The first-order valence-corrected chi connectivity index (χ1v) is 6.27. The summed E-state index contributed by atoms with van der Waals surface area (Å²) in [6.45, 7) is 1.08. The molecular weight excluding hydrogens is 260 g/mol. The number of aromatic nitrogens is 3. The van der Waals surface area contributed by atoms with Crippen LogP contribution in [0.3, 0.4) is 0 Å². The molecule has 7 heteroatoms. The molecule has 106 valence electrons. The van der Waals surface area contributed by atoms with Crippen LogP contribution >= 0.6 is 0 Å². The van der Waals surface area contributed by atoms with Crippen molar-refractivity contribution in [3.8, 4) is 0 Å². The number of aliphatic carboxylic acids is 1. The Kier molecular flexibility index (Phi) is 4.54. The van der Waals surface area contributed by atoms with Gasteiger partial charge in [0, 0.05) is 31.7 Å². The molecule has 0 aliphatic carbocycles. The Balaban J connectivity index is 1.80. The van der Waals surface area contributed by atoms with Gasteiger partial charge in [0.25, 0.3) is 5.91 Å². The van der Waals surface area contributed by atoms with Gasteiger partial charge in [0.15, 0.2) is 0 Å². The van der Waals surface area contributed by atoms with Crippen molar-refractivity contribution in [3.05, 3.63) is 42.7 Å². The molecular formula is C13H16N4O3. The highest BCUT2D eigenvalue weighted by molar-refractivity contribution is 5.93. The molecule has 0 aromatic carbocycles. The first kappa shape index (κ1) is 13.9. The Hall–Kier alpha value is -2.57. The summed E-state index contributed by atoms with van der Waals surface area (Å²) in [5, 5.41) is 11.5. The standard InChI is InChI=1S/C13H16N4O3/c18-12(19)9-17-7-1-3-11(17)13(20)15-4-2-6-16-8-5-14-10-16/h1,3,5,7-8,10H,2,4,6,9H2,(H,15,20)(H,18,19). The van der Waals surface area contributed by atoms with Gasteiger partial charge >= 0.3 is 5.97 Å². The molecule has 2 N–H and O–H groups in total. The number of nitrogens with one attached hydrogen (secondary N) is 1. The zero-order chi connectivity index (χ0) is 14.4. The number of aryl methyl sites for hydroxylation is 1. The Bertz CT molecular complexity index is 574. The van der Waals surface area contributed by atoms with E-state index in [0.717, 1.165) is 13.0 Å². The van der Waals surface area contributed by atoms with Crippen LogP contribution in [0.15, 0.2) is 37.1 Å². The molecule has 0 aliphatic rings. The molecule has 1 amide bonds. The fourth-order valence-corrected chi connectivity index (χ4v) is 1.88. The Morgan fingerprint density at radius 2 is 2.20 bits per heavy atom. The van der Waals surface area contributed by atoms with E-state index >= 15 is 0 Å². The summed E-state index contributed by atoms with van der Waals surface area (Å²) in [4.78, 5) is 26.5. The number of hydrogen-bond acceptors (Lipinski definition) is 3. The van der Waals surface area contributed by atoms with E-state index in [4.69, 9.17) is 5.11 Å². The Labute approximate surface area is 115 Å². The number of carboxylic acids is 1. The fourth-order valence-electron chi connectivity index (χ4n) is 1.88. The third-order valence-electron chi connectivity index (χ3n) is 2.81.